The summed E-state index contributed by atoms with van der Waals surface area (Å²) in [5.74, 6) is 0.940. The highest BCUT2D eigenvalue weighted by atomic mass is 35.5. The number of ether oxygens (including phenoxy) is 1. The summed E-state index contributed by atoms with van der Waals surface area (Å²) in [5, 5.41) is 3.19. The molecule has 1 aliphatic rings. The van der Waals surface area contributed by atoms with Gasteiger partial charge in [-0.2, -0.15) is 0 Å². The van der Waals surface area contributed by atoms with Gasteiger partial charge in [-0.05, 0) is 37.0 Å². The van der Waals surface area contributed by atoms with Crippen molar-refractivity contribution in [1.82, 2.24) is 5.32 Å². The van der Waals surface area contributed by atoms with Crippen LogP contribution in [0.2, 0.25) is 0 Å². The molecule has 0 radical (unpaired) electrons. The first-order valence-electron chi connectivity index (χ1n) is 7.75. The number of alkyl halides is 1. The predicted molar refractivity (Wildman–Crippen MR) is 86.0 cm³/mol. The summed E-state index contributed by atoms with van der Waals surface area (Å²) >= 11 is 6.35. The van der Waals surface area contributed by atoms with Gasteiger partial charge in [-0.25, -0.2) is 0 Å². The SMILES string of the molecule is COc1ccc(CCC(=O)NC2CCCCCC2Cl)cc1. The van der Waals surface area contributed by atoms with E-state index in [0.29, 0.717) is 6.42 Å². The van der Waals surface area contributed by atoms with E-state index < -0.39 is 0 Å². The zero-order valence-corrected chi connectivity index (χ0v) is 13.4. The Balaban J connectivity index is 1.78. The third kappa shape index (κ3) is 5.24. The molecule has 0 spiro atoms. The lowest BCUT2D eigenvalue weighted by molar-refractivity contribution is -0.121. The van der Waals surface area contributed by atoms with Gasteiger partial charge in [-0.15, -0.1) is 11.6 Å². The summed E-state index contributed by atoms with van der Waals surface area (Å²) in [4.78, 5) is 12.1. The van der Waals surface area contributed by atoms with Crippen LogP contribution in [-0.2, 0) is 11.2 Å². The molecule has 2 atom stereocenters. The van der Waals surface area contributed by atoms with Crippen LogP contribution in [0.15, 0.2) is 24.3 Å². The first kappa shape index (κ1) is 16.2. The number of benzene rings is 1. The number of hydrogen-bond acceptors (Lipinski definition) is 2. The summed E-state index contributed by atoms with van der Waals surface area (Å²) < 4.78 is 5.12. The first-order chi connectivity index (χ1) is 10.2. The molecule has 21 heavy (non-hydrogen) atoms. The topological polar surface area (TPSA) is 38.3 Å². The number of nitrogens with one attached hydrogen (secondary N) is 1. The first-order valence-corrected chi connectivity index (χ1v) is 8.19. The van der Waals surface area contributed by atoms with E-state index in [1.807, 2.05) is 24.3 Å². The van der Waals surface area contributed by atoms with Gasteiger partial charge in [0.05, 0.1) is 12.5 Å². The fraction of sp³-hybridized carbons (Fsp3) is 0.588. The number of carbonyl (C=O) groups is 1. The number of amides is 1. The van der Waals surface area contributed by atoms with Crippen molar-refractivity contribution in [3.8, 4) is 5.75 Å². The van der Waals surface area contributed by atoms with Crippen LogP contribution in [0.1, 0.15) is 44.1 Å². The van der Waals surface area contributed by atoms with Crippen molar-refractivity contribution >= 4 is 17.5 Å². The van der Waals surface area contributed by atoms with E-state index >= 15 is 0 Å². The Morgan fingerprint density at radius 2 is 1.95 bits per heavy atom. The summed E-state index contributed by atoms with van der Waals surface area (Å²) in [6, 6.07) is 7.99. The minimum atomic E-state index is 0.0810. The second kappa shape index (κ2) is 8.28. The lowest BCUT2D eigenvalue weighted by atomic mass is 10.1. The molecule has 1 saturated carbocycles. The Kier molecular flexibility index (Phi) is 6.37. The quantitative estimate of drug-likeness (QED) is 0.665. The third-order valence-corrected chi connectivity index (χ3v) is 4.60. The molecule has 0 heterocycles. The largest absolute Gasteiger partial charge is 0.497 e. The van der Waals surface area contributed by atoms with Gasteiger partial charge in [0.2, 0.25) is 5.91 Å². The molecule has 0 aromatic heterocycles. The molecule has 1 aliphatic carbocycles. The van der Waals surface area contributed by atoms with E-state index in [0.717, 1.165) is 37.0 Å². The maximum Gasteiger partial charge on any atom is 0.220 e. The van der Waals surface area contributed by atoms with Crippen molar-refractivity contribution in [3.63, 3.8) is 0 Å². The van der Waals surface area contributed by atoms with Crippen molar-refractivity contribution in [2.45, 2.75) is 56.4 Å². The Labute approximate surface area is 132 Å². The van der Waals surface area contributed by atoms with Gasteiger partial charge in [0.15, 0.2) is 0 Å². The Bertz CT molecular complexity index is 447. The minimum Gasteiger partial charge on any atom is -0.497 e. The average Bonchev–Trinajstić information content (AvgIpc) is 2.71. The number of methoxy groups -OCH3 is 1. The van der Waals surface area contributed by atoms with Crippen molar-refractivity contribution in [1.29, 1.82) is 0 Å². The zero-order valence-electron chi connectivity index (χ0n) is 12.6. The van der Waals surface area contributed by atoms with Gasteiger partial charge in [0.25, 0.3) is 0 Å². The molecule has 2 rings (SSSR count). The molecular weight excluding hydrogens is 286 g/mol. The van der Waals surface area contributed by atoms with Gasteiger partial charge in [0.1, 0.15) is 5.75 Å². The third-order valence-electron chi connectivity index (χ3n) is 4.08. The van der Waals surface area contributed by atoms with E-state index in [1.54, 1.807) is 7.11 Å². The lowest BCUT2D eigenvalue weighted by Gasteiger charge is -2.21. The van der Waals surface area contributed by atoms with Gasteiger partial charge in [-0.1, -0.05) is 31.4 Å². The highest BCUT2D eigenvalue weighted by molar-refractivity contribution is 6.21. The number of hydrogen-bond donors (Lipinski definition) is 1. The van der Waals surface area contributed by atoms with Crippen LogP contribution in [0.5, 0.6) is 5.75 Å². The van der Waals surface area contributed by atoms with Crippen LogP contribution in [0, 0.1) is 0 Å². The number of carbonyl (C=O) groups excluding carboxylic acids is 1. The number of rotatable bonds is 5. The van der Waals surface area contributed by atoms with Gasteiger partial charge < -0.3 is 10.1 Å². The lowest BCUT2D eigenvalue weighted by Crippen LogP contribution is -2.40. The average molecular weight is 310 g/mol. The molecule has 0 saturated heterocycles. The van der Waals surface area contributed by atoms with Crippen LogP contribution in [-0.4, -0.2) is 24.4 Å². The second-order valence-electron chi connectivity index (χ2n) is 5.68. The number of aryl methyl sites for hydroxylation is 1. The van der Waals surface area contributed by atoms with Crippen LogP contribution in [0.3, 0.4) is 0 Å². The molecule has 3 nitrogen and oxygen atoms in total. The van der Waals surface area contributed by atoms with Crippen molar-refractivity contribution in [2.75, 3.05) is 7.11 Å². The van der Waals surface area contributed by atoms with Crippen LogP contribution >= 0.6 is 11.6 Å². The number of halogens is 1. The Morgan fingerprint density at radius 3 is 2.67 bits per heavy atom. The van der Waals surface area contributed by atoms with Crippen molar-refractivity contribution < 1.29 is 9.53 Å². The summed E-state index contributed by atoms with van der Waals surface area (Å²) in [6.07, 6.45) is 6.82. The molecule has 0 aliphatic heterocycles. The highest BCUT2D eigenvalue weighted by Gasteiger charge is 2.22. The van der Waals surface area contributed by atoms with Crippen LogP contribution < -0.4 is 10.1 Å². The molecule has 2 unspecified atom stereocenters. The highest BCUT2D eigenvalue weighted by Crippen LogP contribution is 2.22. The summed E-state index contributed by atoms with van der Waals surface area (Å²) in [6.45, 7) is 0. The molecule has 1 aromatic carbocycles. The summed E-state index contributed by atoms with van der Waals surface area (Å²) in [5.41, 5.74) is 1.15. The van der Waals surface area contributed by atoms with Gasteiger partial charge in [-0.3, -0.25) is 4.79 Å². The maximum absolute atomic E-state index is 12.1. The molecule has 116 valence electrons. The molecule has 1 fully saturated rings. The van der Waals surface area contributed by atoms with Crippen molar-refractivity contribution in [2.24, 2.45) is 0 Å². The van der Waals surface area contributed by atoms with Crippen molar-refractivity contribution in [3.05, 3.63) is 29.8 Å². The second-order valence-corrected chi connectivity index (χ2v) is 6.24. The van der Waals surface area contributed by atoms with Gasteiger partial charge >= 0.3 is 0 Å². The standard InChI is InChI=1S/C17H24ClNO2/c1-21-14-10-7-13(8-11-14)9-12-17(20)19-16-6-4-2-3-5-15(16)18/h7-8,10-11,15-16H,2-6,9,12H2,1H3,(H,19,20). The normalized spacial score (nSPS) is 22.4. The zero-order chi connectivity index (χ0) is 15.1. The van der Waals surface area contributed by atoms with E-state index in [-0.39, 0.29) is 17.3 Å². The molecule has 1 N–H and O–H groups in total. The molecule has 1 amide bonds. The molecule has 1 aromatic rings. The molecule has 0 bridgehead atoms. The van der Waals surface area contributed by atoms with Crippen LogP contribution in [0.4, 0.5) is 0 Å². The van der Waals surface area contributed by atoms with Gasteiger partial charge in [0, 0.05) is 12.5 Å². The maximum atomic E-state index is 12.1. The minimum absolute atomic E-state index is 0.0810. The summed E-state index contributed by atoms with van der Waals surface area (Å²) in [7, 11) is 1.65. The molecular formula is C17H24ClNO2. The fourth-order valence-corrected chi connectivity index (χ4v) is 3.10. The van der Waals surface area contributed by atoms with E-state index in [9.17, 15) is 4.79 Å². The van der Waals surface area contributed by atoms with Crippen LogP contribution in [0.25, 0.3) is 0 Å². The monoisotopic (exact) mass is 309 g/mol. The van der Waals surface area contributed by atoms with E-state index in [2.05, 4.69) is 5.32 Å². The Hall–Kier alpha value is -1.22. The smallest absolute Gasteiger partial charge is 0.220 e. The van der Waals surface area contributed by atoms with E-state index in [4.69, 9.17) is 16.3 Å². The van der Waals surface area contributed by atoms with E-state index in [1.165, 1.54) is 12.8 Å². The predicted octanol–water partition coefficient (Wildman–Crippen LogP) is 3.68. The molecule has 4 heteroatoms. The fourth-order valence-electron chi connectivity index (χ4n) is 2.75. The Morgan fingerprint density at radius 1 is 1.24 bits per heavy atom.